The number of anilines is 1. The molecule has 0 heterocycles. The van der Waals surface area contributed by atoms with Gasteiger partial charge in [-0.1, -0.05) is 15.9 Å². The number of carbonyl (C=O) groups is 2. The fourth-order valence-corrected chi connectivity index (χ4v) is 1.54. The first-order valence-corrected chi connectivity index (χ1v) is 5.74. The Morgan fingerprint density at radius 1 is 1.39 bits per heavy atom. The van der Waals surface area contributed by atoms with E-state index >= 15 is 0 Å². The molecule has 1 rings (SSSR count). The molecule has 0 fully saturated rings. The summed E-state index contributed by atoms with van der Waals surface area (Å²) in [5, 5.41) is 22.2. The standard InChI is InChI=1S/C11H10BrN3O3/c12-8-1-2-9(7(3-8)4-13)14-5-10(16)15-6-11(17)18/h1-3,14H,5-6H2,(H,15,16)(H,17,18). The number of nitrogens with one attached hydrogen (secondary N) is 2. The molecule has 0 unspecified atom stereocenters. The number of amides is 1. The van der Waals surface area contributed by atoms with Crippen LogP contribution < -0.4 is 10.6 Å². The normalized spacial score (nSPS) is 9.33. The lowest BCUT2D eigenvalue weighted by Gasteiger charge is -2.08. The topological polar surface area (TPSA) is 102 Å². The van der Waals surface area contributed by atoms with Crippen LogP contribution in [0, 0.1) is 11.3 Å². The molecule has 18 heavy (non-hydrogen) atoms. The number of benzene rings is 1. The minimum atomic E-state index is -1.11. The van der Waals surface area contributed by atoms with Gasteiger partial charge in [0.1, 0.15) is 12.6 Å². The van der Waals surface area contributed by atoms with E-state index in [-0.39, 0.29) is 6.54 Å². The van der Waals surface area contributed by atoms with Gasteiger partial charge in [0.05, 0.1) is 17.8 Å². The highest BCUT2D eigenvalue weighted by molar-refractivity contribution is 9.10. The maximum atomic E-state index is 11.3. The van der Waals surface area contributed by atoms with E-state index in [1.54, 1.807) is 18.2 Å². The lowest BCUT2D eigenvalue weighted by molar-refractivity contribution is -0.137. The van der Waals surface area contributed by atoms with Crippen molar-refractivity contribution in [3.8, 4) is 6.07 Å². The Bertz CT molecular complexity index is 511. The third-order valence-corrected chi connectivity index (χ3v) is 2.47. The molecular weight excluding hydrogens is 302 g/mol. The van der Waals surface area contributed by atoms with Crippen molar-refractivity contribution in [2.24, 2.45) is 0 Å². The third-order valence-electron chi connectivity index (χ3n) is 1.98. The molecule has 0 aliphatic heterocycles. The Balaban J connectivity index is 2.56. The number of carboxylic acid groups (broad SMARTS) is 1. The van der Waals surface area contributed by atoms with E-state index in [9.17, 15) is 9.59 Å². The zero-order valence-electron chi connectivity index (χ0n) is 9.24. The maximum absolute atomic E-state index is 11.3. The van der Waals surface area contributed by atoms with Crippen LogP contribution in [-0.4, -0.2) is 30.1 Å². The average molecular weight is 312 g/mol. The summed E-state index contributed by atoms with van der Waals surface area (Å²) in [7, 11) is 0. The van der Waals surface area contributed by atoms with Gasteiger partial charge in [-0.2, -0.15) is 5.26 Å². The molecular formula is C11H10BrN3O3. The summed E-state index contributed by atoms with van der Waals surface area (Å²) in [4.78, 5) is 21.5. The van der Waals surface area contributed by atoms with Crippen molar-refractivity contribution < 1.29 is 14.7 Å². The minimum absolute atomic E-state index is 0.0937. The molecule has 0 spiro atoms. The van der Waals surface area contributed by atoms with Gasteiger partial charge in [0.2, 0.25) is 5.91 Å². The molecule has 0 aliphatic rings. The summed E-state index contributed by atoms with van der Waals surface area (Å²) in [6.45, 7) is -0.518. The van der Waals surface area contributed by atoms with E-state index in [1.807, 2.05) is 6.07 Å². The molecule has 1 amide bonds. The molecule has 0 radical (unpaired) electrons. The second-order valence-corrected chi connectivity index (χ2v) is 4.24. The molecule has 3 N–H and O–H groups in total. The Kier molecular flexibility index (Phi) is 5.14. The molecule has 0 aromatic heterocycles. The zero-order valence-corrected chi connectivity index (χ0v) is 10.8. The summed E-state index contributed by atoms with van der Waals surface area (Å²) >= 11 is 3.23. The van der Waals surface area contributed by atoms with Crippen molar-refractivity contribution >= 4 is 33.5 Å². The summed E-state index contributed by atoms with van der Waals surface area (Å²) in [6, 6.07) is 7.01. The molecule has 1 aromatic carbocycles. The summed E-state index contributed by atoms with van der Waals surface area (Å²) in [5.74, 6) is -1.56. The van der Waals surface area contributed by atoms with E-state index in [0.29, 0.717) is 11.3 Å². The van der Waals surface area contributed by atoms with Crippen LogP contribution in [0.15, 0.2) is 22.7 Å². The number of nitrogens with zero attached hydrogens (tertiary/aromatic N) is 1. The van der Waals surface area contributed by atoms with Gasteiger partial charge in [0.15, 0.2) is 0 Å². The molecule has 7 heteroatoms. The largest absolute Gasteiger partial charge is 0.480 e. The van der Waals surface area contributed by atoms with Gasteiger partial charge in [0.25, 0.3) is 0 Å². The Morgan fingerprint density at radius 3 is 2.72 bits per heavy atom. The van der Waals surface area contributed by atoms with Gasteiger partial charge < -0.3 is 15.7 Å². The highest BCUT2D eigenvalue weighted by atomic mass is 79.9. The van der Waals surface area contributed by atoms with Gasteiger partial charge in [-0.15, -0.1) is 0 Å². The van der Waals surface area contributed by atoms with Crippen LogP contribution in [0.1, 0.15) is 5.56 Å². The second kappa shape index (κ2) is 6.61. The number of aliphatic carboxylic acids is 1. The van der Waals surface area contributed by atoms with Crippen LogP contribution in [0.25, 0.3) is 0 Å². The van der Waals surface area contributed by atoms with Gasteiger partial charge in [0, 0.05) is 4.47 Å². The van der Waals surface area contributed by atoms with Crippen LogP contribution in [0.3, 0.4) is 0 Å². The van der Waals surface area contributed by atoms with Crippen molar-refractivity contribution in [1.82, 2.24) is 5.32 Å². The fourth-order valence-electron chi connectivity index (χ4n) is 1.18. The van der Waals surface area contributed by atoms with Crippen LogP contribution in [0.2, 0.25) is 0 Å². The van der Waals surface area contributed by atoms with Crippen molar-refractivity contribution in [2.75, 3.05) is 18.4 Å². The fraction of sp³-hybridized carbons (Fsp3) is 0.182. The summed E-state index contributed by atoms with van der Waals surface area (Å²) in [6.07, 6.45) is 0. The quantitative estimate of drug-likeness (QED) is 0.751. The molecule has 0 saturated heterocycles. The van der Waals surface area contributed by atoms with Gasteiger partial charge in [-0.3, -0.25) is 9.59 Å². The molecule has 1 aromatic rings. The number of rotatable bonds is 5. The molecule has 0 aliphatic carbocycles. The van der Waals surface area contributed by atoms with Gasteiger partial charge in [-0.25, -0.2) is 0 Å². The van der Waals surface area contributed by atoms with Crippen LogP contribution >= 0.6 is 15.9 Å². The second-order valence-electron chi connectivity index (χ2n) is 3.33. The zero-order chi connectivity index (χ0) is 13.5. The van der Waals surface area contributed by atoms with Crippen LogP contribution in [-0.2, 0) is 9.59 Å². The number of hydrogen-bond donors (Lipinski definition) is 3. The van der Waals surface area contributed by atoms with E-state index in [4.69, 9.17) is 10.4 Å². The third kappa shape index (κ3) is 4.43. The Hall–Kier alpha value is -2.07. The molecule has 0 saturated carbocycles. The maximum Gasteiger partial charge on any atom is 0.322 e. The van der Waals surface area contributed by atoms with E-state index in [0.717, 1.165) is 4.47 Å². The molecule has 0 atom stereocenters. The Morgan fingerprint density at radius 2 is 2.11 bits per heavy atom. The number of nitriles is 1. The minimum Gasteiger partial charge on any atom is -0.480 e. The average Bonchev–Trinajstić information content (AvgIpc) is 2.34. The van der Waals surface area contributed by atoms with E-state index < -0.39 is 18.4 Å². The first-order chi connectivity index (χ1) is 8.52. The monoisotopic (exact) mass is 311 g/mol. The predicted octanol–water partition coefficient (Wildman–Crippen LogP) is 0.933. The van der Waals surface area contributed by atoms with Crippen molar-refractivity contribution in [2.45, 2.75) is 0 Å². The number of hydrogen-bond acceptors (Lipinski definition) is 4. The van der Waals surface area contributed by atoms with Crippen molar-refractivity contribution in [1.29, 1.82) is 5.26 Å². The van der Waals surface area contributed by atoms with Crippen molar-refractivity contribution in [3.05, 3.63) is 28.2 Å². The lowest BCUT2D eigenvalue weighted by atomic mass is 10.2. The highest BCUT2D eigenvalue weighted by Gasteiger charge is 2.06. The molecule has 6 nitrogen and oxygen atoms in total. The smallest absolute Gasteiger partial charge is 0.322 e. The summed E-state index contributed by atoms with van der Waals surface area (Å²) in [5.41, 5.74) is 0.918. The summed E-state index contributed by atoms with van der Waals surface area (Å²) < 4.78 is 0.764. The Labute approximate surface area is 112 Å². The van der Waals surface area contributed by atoms with E-state index in [2.05, 4.69) is 26.6 Å². The lowest BCUT2D eigenvalue weighted by Crippen LogP contribution is -2.33. The van der Waals surface area contributed by atoms with Crippen LogP contribution in [0.5, 0.6) is 0 Å². The number of carbonyl (C=O) groups excluding carboxylic acids is 1. The van der Waals surface area contributed by atoms with Gasteiger partial charge >= 0.3 is 5.97 Å². The number of carboxylic acids is 1. The van der Waals surface area contributed by atoms with Gasteiger partial charge in [-0.05, 0) is 18.2 Å². The first kappa shape index (κ1) is 14.0. The SMILES string of the molecule is N#Cc1cc(Br)ccc1NCC(=O)NCC(=O)O. The predicted molar refractivity (Wildman–Crippen MR) is 68.0 cm³/mol. The highest BCUT2D eigenvalue weighted by Crippen LogP contribution is 2.19. The van der Waals surface area contributed by atoms with Crippen LogP contribution in [0.4, 0.5) is 5.69 Å². The first-order valence-electron chi connectivity index (χ1n) is 4.95. The van der Waals surface area contributed by atoms with Crippen molar-refractivity contribution in [3.63, 3.8) is 0 Å². The van der Waals surface area contributed by atoms with E-state index in [1.165, 1.54) is 0 Å². The number of halogens is 1. The molecule has 94 valence electrons. The molecule has 0 bridgehead atoms.